The van der Waals surface area contributed by atoms with Crippen molar-refractivity contribution in [2.24, 2.45) is 0 Å². The van der Waals surface area contributed by atoms with Crippen molar-refractivity contribution in [1.82, 2.24) is 0 Å². The molecule has 0 radical (unpaired) electrons. The van der Waals surface area contributed by atoms with Crippen LogP contribution in [0.1, 0.15) is 36.5 Å². The molecule has 0 unspecified atom stereocenters. The van der Waals surface area contributed by atoms with Crippen molar-refractivity contribution in [1.29, 1.82) is 0 Å². The molecule has 2 rings (SSSR count). The molecule has 0 aromatic heterocycles. The van der Waals surface area contributed by atoms with Gasteiger partial charge in [0.1, 0.15) is 12.4 Å². The van der Waals surface area contributed by atoms with E-state index in [4.69, 9.17) is 14.6 Å². The van der Waals surface area contributed by atoms with Crippen LogP contribution in [0, 0.1) is 0 Å². The lowest BCUT2D eigenvalue weighted by molar-refractivity contribution is -0.143. The SMILES string of the molecule is CCOC(=O)CCc1c(CCC(=O)O)cccc1OCc1ccccc1. The van der Waals surface area contributed by atoms with Crippen molar-refractivity contribution >= 4 is 11.9 Å². The van der Waals surface area contributed by atoms with E-state index in [1.54, 1.807) is 6.92 Å². The molecule has 138 valence electrons. The first-order valence-electron chi connectivity index (χ1n) is 8.75. The van der Waals surface area contributed by atoms with E-state index < -0.39 is 5.97 Å². The van der Waals surface area contributed by atoms with Crippen molar-refractivity contribution in [3.63, 3.8) is 0 Å². The summed E-state index contributed by atoms with van der Waals surface area (Å²) < 4.78 is 11.0. The highest BCUT2D eigenvalue weighted by atomic mass is 16.5. The molecule has 0 aliphatic heterocycles. The summed E-state index contributed by atoms with van der Waals surface area (Å²) in [4.78, 5) is 22.7. The molecule has 0 aliphatic rings. The van der Waals surface area contributed by atoms with Gasteiger partial charge in [-0.25, -0.2) is 0 Å². The van der Waals surface area contributed by atoms with Gasteiger partial charge in [0.05, 0.1) is 6.61 Å². The van der Waals surface area contributed by atoms with Crippen LogP contribution in [0.2, 0.25) is 0 Å². The lowest BCUT2D eigenvalue weighted by atomic mass is 9.98. The molecule has 0 atom stereocenters. The Balaban J connectivity index is 2.16. The van der Waals surface area contributed by atoms with Crippen LogP contribution in [-0.2, 0) is 33.8 Å². The average Bonchev–Trinajstić information content (AvgIpc) is 2.64. The van der Waals surface area contributed by atoms with Gasteiger partial charge in [-0.15, -0.1) is 0 Å². The molecule has 5 heteroatoms. The highest BCUT2D eigenvalue weighted by molar-refractivity contribution is 5.70. The van der Waals surface area contributed by atoms with Crippen LogP contribution < -0.4 is 4.74 Å². The molecule has 2 aromatic rings. The predicted octanol–water partition coefficient (Wildman–Crippen LogP) is 3.78. The zero-order chi connectivity index (χ0) is 18.8. The Morgan fingerprint density at radius 1 is 0.962 bits per heavy atom. The van der Waals surface area contributed by atoms with Crippen LogP contribution in [0.5, 0.6) is 5.75 Å². The van der Waals surface area contributed by atoms with Gasteiger partial charge in [-0.1, -0.05) is 42.5 Å². The van der Waals surface area contributed by atoms with E-state index in [9.17, 15) is 9.59 Å². The van der Waals surface area contributed by atoms with E-state index in [1.165, 1.54) is 0 Å². The molecular weight excluding hydrogens is 332 g/mol. The number of hydrogen-bond donors (Lipinski definition) is 1. The fourth-order valence-corrected chi connectivity index (χ4v) is 2.70. The lowest BCUT2D eigenvalue weighted by Crippen LogP contribution is -2.09. The zero-order valence-electron chi connectivity index (χ0n) is 14.9. The van der Waals surface area contributed by atoms with Gasteiger partial charge in [0.15, 0.2) is 0 Å². The van der Waals surface area contributed by atoms with E-state index in [1.807, 2.05) is 48.5 Å². The number of esters is 1. The Bertz CT molecular complexity index is 724. The van der Waals surface area contributed by atoms with Gasteiger partial charge >= 0.3 is 11.9 Å². The summed E-state index contributed by atoms with van der Waals surface area (Å²) in [6.45, 7) is 2.53. The minimum absolute atomic E-state index is 0.0363. The van der Waals surface area contributed by atoms with Crippen molar-refractivity contribution in [3.05, 3.63) is 65.2 Å². The molecule has 0 spiro atoms. The van der Waals surface area contributed by atoms with Crippen LogP contribution in [0.3, 0.4) is 0 Å². The largest absolute Gasteiger partial charge is 0.489 e. The molecule has 2 aromatic carbocycles. The smallest absolute Gasteiger partial charge is 0.306 e. The molecule has 0 heterocycles. The second-order valence-corrected chi connectivity index (χ2v) is 5.87. The van der Waals surface area contributed by atoms with Crippen LogP contribution in [0.4, 0.5) is 0 Å². The van der Waals surface area contributed by atoms with Crippen molar-refractivity contribution in [3.8, 4) is 5.75 Å². The van der Waals surface area contributed by atoms with E-state index in [-0.39, 0.29) is 18.8 Å². The fourth-order valence-electron chi connectivity index (χ4n) is 2.70. The van der Waals surface area contributed by atoms with Crippen molar-refractivity contribution in [2.75, 3.05) is 6.61 Å². The standard InChI is InChI=1S/C21H24O5/c1-2-25-21(24)14-12-18-17(11-13-20(22)23)9-6-10-19(18)26-15-16-7-4-3-5-8-16/h3-10H,2,11-15H2,1H3,(H,22,23). The normalized spacial score (nSPS) is 10.3. The number of hydrogen-bond acceptors (Lipinski definition) is 4. The maximum atomic E-state index is 11.7. The second-order valence-electron chi connectivity index (χ2n) is 5.87. The summed E-state index contributed by atoms with van der Waals surface area (Å²) >= 11 is 0. The summed E-state index contributed by atoms with van der Waals surface area (Å²) in [6.07, 6.45) is 1.13. The van der Waals surface area contributed by atoms with Gasteiger partial charge in [-0.3, -0.25) is 9.59 Å². The molecule has 0 saturated heterocycles. The van der Waals surface area contributed by atoms with Gasteiger partial charge in [-0.2, -0.15) is 0 Å². The molecule has 1 N–H and O–H groups in total. The minimum atomic E-state index is -0.850. The van der Waals surface area contributed by atoms with Crippen LogP contribution in [0.25, 0.3) is 0 Å². The number of carboxylic acids is 1. The topological polar surface area (TPSA) is 72.8 Å². The summed E-state index contributed by atoms with van der Waals surface area (Å²) in [7, 11) is 0. The number of carbonyl (C=O) groups excluding carboxylic acids is 1. The Morgan fingerprint density at radius 3 is 2.42 bits per heavy atom. The average molecular weight is 356 g/mol. The molecule has 0 bridgehead atoms. The predicted molar refractivity (Wildman–Crippen MR) is 98.1 cm³/mol. The van der Waals surface area contributed by atoms with E-state index in [0.29, 0.717) is 31.8 Å². The van der Waals surface area contributed by atoms with E-state index >= 15 is 0 Å². The van der Waals surface area contributed by atoms with E-state index in [0.717, 1.165) is 16.7 Å². The summed E-state index contributed by atoms with van der Waals surface area (Å²) in [6, 6.07) is 15.4. The maximum Gasteiger partial charge on any atom is 0.306 e. The fraction of sp³-hybridized carbons (Fsp3) is 0.333. The van der Waals surface area contributed by atoms with Gasteiger partial charge < -0.3 is 14.6 Å². The summed E-state index contributed by atoms with van der Waals surface area (Å²) in [5, 5.41) is 8.97. The molecule has 0 fully saturated rings. The molecule has 0 saturated carbocycles. The Labute approximate surface area is 153 Å². The van der Waals surface area contributed by atoms with E-state index in [2.05, 4.69) is 0 Å². The third-order valence-corrected chi connectivity index (χ3v) is 3.96. The molecule has 26 heavy (non-hydrogen) atoms. The Morgan fingerprint density at radius 2 is 1.73 bits per heavy atom. The third kappa shape index (κ3) is 6.24. The van der Waals surface area contributed by atoms with Crippen LogP contribution in [-0.4, -0.2) is 23.7 Å². The number of rotatable bonds is 10. The summed E-state index contributed by atoms with van der Waals surface area (Å²) in [5.74, 6) is -0.437. The van der Waals surface area contributed by atoms with Crippen LogP contribution >= 0.6 is 0 Å². The Kier molecular flexibility index (Phi) is 7.68. The number of ether oxygens (including phenoxy) is 2. The highest BCUT2D eigenvalue weighted by Crippen LogP contribution is 2.26. The minimum Gasteiger partial charge on any atom is -0.489 e. The van der Waals surface area contributed by atoms with Crippen LogP contribution in [0.15, 0.2) is 48.5 Å². The van der Waals surface area contributed by atoms with Crippen molar-refractivity contribution in [2.45, 2.75) is 39.2 Å². The monoisotopic (exact) mass is 356 g/mol. The number of carbonyl (C=O) groups is 2. The molecule has 5 nitrogen and oxygen atoms in total. The molecule has 0 aliphatic carbocycles. The quantitative estimate of drug-likeness (QED) is 0.656. The van der Waals surface area contributed by atoms with Gasteiger partial charge in [-0.05, 0) is 42.5 Å². The molecule has 0 amide bonds. The first-order chi connectivity index (χ1) is 12.6. The third-order valence-electron chi connectivity index (χ3n) is 3.96. The first kappa shape index (κ1) is 19.5. The highest BCUT2D eigenvalue weighted by Gasteiger charge is 2.13. The first-order valence-corrected chi connectivity index (χ1v) is 8.75. The summed E-state index contributed by atoms with van der Waals surface area (Å²) in [5.41, 5.74) is 2.81. The van der Waals surface area contributed by atoms with Gasteiger partial charge in [0, 0.05) is 12.8 Å². The lowest BCUT2D eigenvalue weighted by Gasteiger charge is -2.15. The van der Waals surface area contributed by atoms with Crippen molar-refractivity contribution < 1.29 is 24.2 Å². The number of aryl methyl sites for hydroxylation is 1. The number of benzene rings is 2. The number of carboxylic acid groups (broad SMARTS) is 1. The second kappa shape index (κ2) is 10.2. The van der Waals surface area contributed by atoms with Gasteiger partial charge in [0.25, 0.3) is 0 Å². The maximum absolute atomic E-state index is 11.7. The number of aliphatic carboxylic acids is 1. The molecular formula is C21H24O5. The van der Waals surface area contributed by atoms with Gasteiger partial charge in [0.2, 0.25) is 0 Å². The zero-order valence-corrected chi connectivity index (χ0v) is 14.9. The Hall–Kier alpha value is -2.82.